The van der Waals surface area contributed by atoms with Crippen molar-refractivity contribution in [2.24, 2.45) is 0 Å². The molecule has 0 radical (unpaired) electrons. The van der Waals surface area contributed by atoms with Gasteiger partial charge in [0, 0.05) is 17.1 Å². The number of carbonyl (C=O) groups excluding carboxylic acids is 1. The smallest absolute Gasteiger partial charge is 0.328 e. The summed E-state index contributed by atoms with van der Waals surface area (Å²) in [5.41, 5.74) is 2.03. The highest BCUT2D eigenvalue weighted by Crippen LogP contribution is 2.28. The van der Waals surface area contributed by atoms with Crippen LogP contribution in [0.2, 0.25) is 5.02 Å². The van der Waals surface area contributed by atoms with E-state index in [1.54, 1.807) is 6.07 Å². The maximum Gasteiger partial charge on any atom is 0.328 e. The number of benzene rings is 1. The van der Waals surface area contributed by atoms with Crippen LogP contribution >= 0.6 is 11.6 Å². The summed E-state index contributed by atoms with van der Waals surface area (Å²) < 4.78 is 4.66. The average Bonchev–Trinajstić information content (AvgIpc) is 2.59. The molecule has 1 heterocycles. The molecule has 74 valence electrons. The van der Waals surface area contributed by atoms with Crippen LogP contribution in [-0.4, -0.2) is 19.1 Å². The standard InChI is InChI=1S/C10H10ClNO2/c1-14-10(13)9-5-6-4-7(11)2-3-8(6)12-9/h2-4,9,12H,5H2,1H3. The molecule has 0 amide bonds. The number of nitrogens with one attached hydrogen (secondary N) is 1. The number of methoxy groups -OCH3 is 1. The summed E-state index contributed by atoms with van der Waals surface area (Å²) in [4.78, 5) is 11.2. The normalized spacial score (nSPS) is 18.6. The van der Waals surface area contributed by atoms with Gasteiger partial charge in [0.25, 0.3) is 0 Å². The molecule has 0 saturated heterocycles. The summed E-state index contributed by atoms with van der Waals surface area (Å²) in [5.74, 6) is -0.239. The third kappa shape index (κ3) is 1.55. The zero-order valence-corrected chi connectivity index (χ0v) is 8.47. The van der Waals surface area contributed by atoms with Crippen molar-refractivity contribution >= 4 is 23.3 Å². The highest BCUT2D eigenvalue weighted by Gasteiger charge is 2.27. The van der Waals surface area contributed by atoms with Gasteiger partial charge < -0.3 is 10.1 Å². The fourth-order valence-electron chi connectivity index (χ4n) is 1.62. The molecule has 0 aromatic heterocycles. The summed E-state index contributed by atoms with van der Waals surface area (Å²) in [6, 6.07) is 5.27. The lowest BCUT2D eigenvalue weighted by Crippen LogP contribution is -2.27. The summed E-state index contributed by atoms with van der Waals surface area (Å²) in [5, 5.41) is 3.77. The second-order valence-electron chi connectivity index (χ2n) is 3.23. The molecule has 4 heteroatoms. The molecule has 1 aromatic carbocycles. The van der Waals surface area contributed by atoms with Gasteiger partial charge in [0.2, 0.25) is 0 Å². The van der Waals surface area contributed by atoms with E-state index in [0.29, 0.717) is 11.4 Å². The first kappa shape index (κ1) is 9.34. The van der Waals surface area contributed by atoms with Crippen LogP contribution in [0.5, 0.6) is 0 Å². The number of ether oxygens (including phenoxy) is 1. The Labute approximate surface area is 87.0 Å². The minimum absolute atomic E-state index is 0.239. The molecule has 0 spiro atoms. The number of hydrogen-bond acceptors (Lipinski definition) is 3. The Balaban J connectivity index is 2.22. The summed E-state index contributed by atoms with van der Waals surface area (Å²) in [6.07, 6.45) is 0.641. The first-order chi connectivity index (χ1) is 6.70. The summed E-state index contributed by atoms with van der Waals surface area (Å²) >= 11 is 5.84. The molecule has 0 saturated carbocycles. The van der Waals surface area contributed by atoms with Gasteiger partial charge in [-0.2, -0.15) is 0 Å². The monoisotopic (exact) mass is 211 g/mol. The Kier molecular flexibility index (Phi) is 2.33. The maximum absolute atomic E-state index is 11.2. The van der Waals surface area contributed by atoms with Crippen LogP contribution in [0, 0.1) is 0 Å². The quantitative estimate of drug-likeness (QED) is 0.721. The average molecular weight is 212 g/mol. The number of halogens is 1. The van der Waals surface area contributed by atoms with Crippen LogP contribution in [0.25, 0.3) is 0 Å². The van der Waals surface area contributed by atoms with Gasteiger partial charge in [-0.15, -0.1) is 0 Å². The highest BCUT2D eigenvalue weighted by atomic mass is 35.5. The molecule has 2 rings (SSSR count). The summed E-state index contributed by atoms with van der Waals surface area (Å²) in [6.45, 7) is 0. The lowest BCUT2D eigenvalue weighted by atomic mass is 10.1. The molecule has 1 atom stereocenters. The Morgan fingerprint density at radius 2 is 2.43 bits per heavy atom. The lowest BCUT2D eigenvalue weighted by molar-refractivity contribution is -0.141. The molecular formula is C10H10ClNO2. The lowest BCUT2D eigenvalue weighted by Gasteiger charge is -2.07. The van der Waals surface area contributed by atoms with Crippen molar-refractivity contribution in [1.29, 1.82) is 0 Å². The number of rotatable bonds is 1. The molecule has 0 bridgehead atoms. The number of hydrogen-bond donors (Lipinski definition) is 1. The van der Waals surface area contributed by atoms with Crippen molar-refractivity contribution in [3.8, 4) is 0 Å². The van der Waals surface area contributed by atoms with Gasteiger partial charge >= 0.3 is 5.97 Å². The van der Waals surface area contributed by atoms with Crippen molar-refractivity contribution in [2.45, 2.75) is 12.5 Å². The first-order valence-corrected chi connectivity index (χ1v) is 4.71. The van der Waals surface area contributed by atoms with E-state index in [9.17, 15) is 4.79 Å². The molecule has 1 aliphatic rings. The predicted molar refractivity (Wildman–Crippen MR) is 54.6 cm³/mol. The number of fused-ring (bicyclic) bond motifs is 1. The first-order valence-electron chi connectivity index (χ1n) is 4.33. The third-order valence-electron chi connectivity index (χ3n) is 2.31. The Bertz CT molecular complexity index is 378. The largest absolute Gasteiger partial charge is 0.467 e. The van der Waals surface area contributed by atoms with Gasteiger partial charge in [0.1, 0.15) is 6.04 Å². The van der Waals surface area contributed by atoms with Crippen molar-refractivity contribution in [3.63, 3.8) is 0 Å². The summed E-state index contributed by atoms with van der Waals surface area (Å²) in [7, 11) is 1.39. The predicted octanol–water partition coefficient (Wildman–Crippen LogP) is 1.85. The van der Waals surface area contributed by atoms with Crippen LogP contribution in [0.15, 0.2) is 18.2 Å². The fourth-order valence-corrected chi connectivity index (χ4v) is 1.81. The zero-order chi connectivity index (χ0) is 10.1. The Hall–Kier alpha value is -1.22. The molecular weight excluding hydrogens is 202 g/mol. The minimum atomic E-state index is -0.270. The van der Waals surface area contributed by atoms with Crippen LogP contribution in [-0.2, 0) is 16.0 Å². The van der Waals surface area contributed by atoms with Crippen LogP contribution in [0.3, 0.4) is 0 Å². The van der Waals surface area contributed by atoms with Gasteiger partial charge in [0.15, 0.2) is 0 Å². The van der Waals surface area contributed by atoms with E-state index < -0.39 is 0 Å². The molecule has 1 unspecified atom stereocenters. The van der Waals surface area contributed by atoms with Gasteiger partial charge in [-0.25, -0.2) is 4.79 Å². The van der Waals surface area contributed by atoms with Crippen molar-refractivity contribution in [3.05, 3.63) is 28.8 Å². The minimum Gasteiger partial charge on any atom is -0.467 e. The maximum atomic E-state index is 11.2. The Morgan fingerprint density at radius 3 is 3.14 bits per heavy atom. The van der Waals surface area contributed by atoms with Gasteiger partial charge in [-0.1, -0.05) is 11.6 Å². The van der Waals surface area contributed by atoms with Gasteiger partial charge in [-0.3, -0.25) is 0 Å². The molecule has 1 aromatic rings. The molecule has 0 fully saturated rings. The Morgan fingerprint density at radius 1 is 1.64 bits per heavy atom. The van der Waals surface area contributed by atoms with E-state index in [1.807, 2.05) is 12.1 Å². The molecule has 1 N–H and O–H groups in total. The topological polar surface area (TPSA) is 38.3 Å². The van der Waals surface area contributed by atoms with Crippen molar-refractivity contribution in [1.82, 2.24) is 0 Å². The van der Waals surface area contributed by atoms with Crippen molar-refractivity contribution < 1.29 is 9.53 Å². The molecule has 3 nitrogen and oxygen atoms in total. The second kappa shape index (κ2) is 3.50. The van der Waals surface area contributed by atoms with E-state index in [-0.39, 0.29) is 12.0 Å². The van der Waals surface area contributed by atoms with Crippen LogP contribution in [0.4, 0.5) is 5.69 Å². The zero-order valence-electron chi connectivity index (χ0n) is 7.71. The van der Waals surface area contributed by atoms with Crippen LogP contribution in [0.1, 0.15) is 5.56 Å². The molecule has 1 aliphatic heterocycles. The van der Waals surface area contributed by atoms with E-state index in [1.165, 1.54) is 7.11 Å². The molecule has 0 aliphatic carbocycles. The van der Waals surface area contributed by atoms with E-state index >= 15 is 0 Å². The highest BCUT2D eigenvalue weighted by molar-refractivity contribution is 6.30. The van der Waals surface area contributed by atoms with Crippen LogP contribution < -0.4 is 5.32 Å². The fraction of sp³-hybridized carbons (Fsp3) is 0.300. The molecule has 14 heavy (non-hydrogen) atoms. The SMILES string of the molecule is COC(=O)C1Cc2cc(Cl)ccc2N1. The van der Waals surface area contributed by atoms with Gasteiger partial charge in [0.05, 0.1) is 7.11 Å². The third-order valence-corrected chi connectivity index (χ3v) is 2.54. The van der Waals surface area contributed by atoms with E-state index in [2.05, 4.69) is 10.1 Å². The number of esters is 1. The number of anilines is 1. The second-order valence-corrected chi connectivity index (χ2v) is 3.66. The van der Waals surface area contributed by atoms with Gasteiger partial charge in [-0.05, 0) is 23.8 Å². The number of carbonyl (C=O) groups is 1. The van der Waals surface area contributed by atoms with E-state index in [0.717, 1.165) is 11.3 Å². The van der Waals surface area contributed by atoms with E-state index in [4.69, 9.17) is 11.6 Å². The van der Waals surface area contributed by atoms with Crippen molar-refractivity contribution in [2.75, 3.05) is 12.4 Å².